The zero-order valence-electron chi connectivity index (χ0n) is 16.1. The van der Waals surface area contributed by atoms with Crippen molar-refractivity contribution in [3.05, 3.63) is 40.3 Å². The molecule has 2 rings (SSSR count). The molecule has 0 bridgehead atoms. The molecule has 1 N–H and O–H groups in total. The van der Waals surface area contributed by atoms with Crippen molar-refractivity contribution in [3.8, 4) is 0 Å². The first kappa shape index (κ1) is 21.4. The van der Waals surface area contributed by atoms with Gasteiger partial charge in [-0.2, -0.15) is 4.31 Å². The van der Waals surface area contributed by atoms with E-state index in [0.29, 0.717) is 19.6 Å². The van der Waals surface area contributed by atoms with Crippen molar-refractivity contribution in [2.24, 2.45) is 0 Å². The highest BCUT2D eigenvalue weighted by molar-refractivity contribution is 7.89. The number of nitrogens with zero attached hydrogens (tertiary/aromatic N) is 2. The van der Waals surface area contributed by atoms with Gasteiger partial charge in [-0.1, -0.05) is 25.5 Å². The summed E-state index contributed by atoms with van der Waals surface area (Å²) in [6.07, 6.45) is 8.92. The third-order valence-electron chi connectivity index (χ3n) is 4.77. The van der Waals surface area contributed by atoms with Crippen LogP contribution in [0.5, 0.6) is 0 Å². The van der Waals surface area contributed by atoms with Gasteiger partial charge in [-0.05, 0) is 38.2 Å². The Morgan fingerprint density at radius 2 is 1.96 bits per heavy atom. The normalized spacial score (nSPS) is 14.9. The van der Waals surface area contributed by atoms with E-state index in [0.717, 1.165) is 23.8 Å². The van der Waals surface area contributed by atoms with E-state index in [4.69, 9.17) is 0 Å². The second kappa shape index (κ2) is 9.85. The van der Waals surface area contributed by atoms with Crippen LogP contribution in [0.25, 0.3) is 0 Å². The quantitative estimate of drug-likeness (QED) is 0.647. The molecule has 0 spiro atoms. The molecule has 0 radical (unpaired) electrons. The number of carbonyl (C=O) groups is 1. The van der Waals surface area contributed by atoms with Gasteiger partial charge in [-0.25, -0.2) is 8.42 Å². The average molecular weight is 396 g/mol. The van der Waals surface area contributed by atoms with Gasteiger partial charge in [-0.15, -0.1) is 0 Å². The summed E-state index contributed by atoms with van der Waals surface area (Å²) in [4.78, 5) is 24.2. The molecule has 8 heteroatoms. The minimum Gasteiger partial charge on any atom is -0.354 e. The van der Waals surface area contributed by atoms with Gasteiger partial charge in [0.05, 0.1) is 4.90 Å². The predicted molar refractivity (Wildman–Crippen MR) is 105 cm³/mol. The molecule has 0 atom stereocenters. The average Bonchev–Trinajstić information content (AvgIpc) is 2.65. The molecule has 1 aromatic rings. The molecule has 1 amide bonds. The minimum absolute atomic E-state index is 0.0194. The highest BCUT2D eigenvalue weighted by Gasteiger charge is 2.22. The number of allylic oxidation sites excluding steroid dienone is 1. The lowest BCUT2D eigenvalue weighted by atomic mass is 9.97. The van der Waals surface area contributed by atoms with Gasteiger partial charge in [0.25, 0.3) is 5.56 Å². The fourth-order valence-electron chi connectivity index (χ4n) is 3.20. The number of aromatic nitrogens is 1. The molecule has 0 saturated heterocycles. The van der Waals surface area contributed by atoms with Crippen LogP contribution in [0.15, 0.2) is 39.7 Å². The van der Waals surface area contributed by atoms with E-state index in [2.05, 4.69) is 11.4 Å². The second-order valence-corrected chi connectivity index (χ2v) is 8.57. The Balaban J connectivity index is 2.02. The zero-order chi connectivity index (χ0) is 19.9. The SMILES string of the molecule is CCN(CC)S(=O)(=O)c1ccc(=O)n(CC(=O)NCCC2=CCCCC2)c1. The number of sulfonamides is 1. The third kappa shape index (κ3) is 5.77. The molecule has 1 aromatic heterocycles. The highest BCUT2D eigenvalue weighted by Crippen LogP contribution is 2.19. The van der Waals surface area contributed by atoms with E-state index in [9.17, 15) is 18.0 Å². The van der Waals surface area contributed by atoms with Crippen molar-refractivity contribution in [3.63, 3.8) is 0 Å². The second-order valence-electron chi connectivity index (χ2n) is 6.63. The predicted octanol–water partition coefficient (Wildman–Crippen LogP) is 1.89. The van der Waals surface area contributed by atoms with Crippen molar-refractivity contribution >= 4 is 15.9 Å². The Labute approximate surface area is 161 Å². The summed E-state index contributed by atoms with van der Waals surface area (Å²) in [6, 6.07) is 2.48. The number of nitrogens with one attached hydrogen (secondary N) is 1. The van der Waals surface area contributed by atoms with Crippen LogP contribution in [0, 0.1) is 0 Å². The summed E-state index contributed by atoms with van der Waals surface area (Å²) in [7, 11) is -3.67. The fraction of sp³-hybridized carbons (Fsp3) is 0.579. The van der Waals surface area contributed by atoms with Crippen LogP contribution in [-0.2, 0) is 21.4 Å². The Kier molecular flexibility index (Phi) is 7.79. The first-order valence-corrected chi connectivity index (χ1v) is 11.0. The lowest BCUT2D eigenvalue weighted by molar-refractivity contribution is -0.121. The number of hydrogen-bond acceptors (Lipinski definition) is 4. The smallest absolute Gasteiger partial charge is 0.251 e. The van der Waals surface area contributed by atoms with Crippen molar-refractivity contribution < 1.29 is 13.2 Å². The molecule has 0 saturated carbocycles. The first-order valence-electron chi connectivity index (χ1n) is 9.53. The number of pyridine rings is 1. The standard InChI is InChI=1S/C19H29N3O4S/c1-3-22(4-2)27(25,26)17-10-11-19(24)21(14-17)15-18(23)20-13-12-16-8-6-5-7-9-16/h8,10-11,14H,3-7,9,12-13,15H2,1-2H3,(H,20,23). The van der Waals surface area contributed by atoms with Gasteiger partial charge in [-0.3, -0.25) is 9.59 Å². The summed E-state index contributed by atoms with van der Waals surface area (Å²) in [6.45, 7) is 4.53. The summed E-state index contributed by atoms with van der Waals surface area (Å²) in [5, 5.41) is 2.81. The molecule has 0 aliphatic heterocycles. The van der Waals surface area contributed by atoms with Crippen molar-refractivity contribution in [1.29, 1.82) is 0 Å². The van der Waals surface area contributed by atoms with Gasteiger partial charge in [0.1, 0.15) is 6.54 Å². The molecule has 1 heterocycles. The molecular formula is C19H29N3O4S. The maximum Gasteiger partial charge on any atom is 0.251 e. The molecular weight excluding hydrogens is 366 g/mol. The van der Waals surface area contributed by atoms with Crippen LogP contribution < -0.4 is 10.9 Å². The van der Waals surface area contributed by atoms with Crippen LogP contribution >= 0.6 is 0 Å². The van der Waals surface area contributed by atoms with Crippen molar-refractivity contribution in [2.75, 3.05) is 19.6 Å². The van der Waals surface area contributed by atoms with Crippen LogP contribution in [0.3, 0.4) is 0 Å². The van der Waals surface area contributed by atoms with Gasteiger partial charge in [0, 0.05) is 31.9 Å². The number of hydrogen-bond donors (Lipinski definition) is 1. The van der Waals surface area contributed by atoms with Crippen LogP contribution in [0.2, 0.25) is 0 Å². The van der Waals surface area contributed by atoms with Gasteiger partial charge in [0.2, 0.25) is 15.9 Å². The molecule has 0 unspecified atom stereocenters. The van der Waals surface area contributed by atoms with Crippen molar-refractivity contribution in [2.45, 2.75) is 57.4 Å². The molecule has 1 aliphatic rings. The van der Waals surface area contributed by atoms with Crippen molar-refractivity contribution in [1.82, 2.24) is 14.2 Å². The largest absolute Gasteiger partial charge is 0.354 e. The van der Waals surface area contributed by atoms with Gasteiger partial charge in [0.15, 0.2) is 0 Å². The monoisotopic (exact) mass is 395 g/mol. The summed E-state index contributed by atoms with van der Waals surface area (Å²) in [5.74, 6) is -0.300. The summed E-state index contributed by atoms with van der Waals surface area (Å²) >= 11 is 0. The molecule has 27 heavy (non-hydrogen) atoms. The first-order chi connectivity index (χ1) is 12.9. The maximum atomic E-state index is 12.6. The number of carbonyl (C=O) groups excluding carboxylic acids is 1. The highest BCUT2D eigenvalue weighted by atomic mass is 32.2. The topological polar surface area (TPSA) is 88.5 Å². The lowest BCUT2D eigenvalue weighted by Gasteiger charge is -2.19. The third-order valence-corrected chi connectivity index (χ3v) is 6.80. The maximum absolute atomic E-state index is 12.6. The Bertz CT molecular complexity index is 839. The van der Waals surface area contributed by atoms with E-state index in [-0.39, 0.29) is 17.3 Å². The van der Waals surface area contributed by atoms with Gasteiger partial charge < -0.3 is 9.88 Å². The summed E-state index contributed by atoms with van der Waals surface area (Å²) in [5.41, 5.74) is 0.963. The fourth-order valence-corrected chi connectivity index (χ4v) is 4.68. The Morgan fingerprint density at radius 1 is 1.22 bits per heavy atom. The van der Waals surface area contributed by atoms with Crippen LogP contribution in [0.1, 0.15) is 46.0 Å². The van der Waals surface area contributed by atoms with E-state index >= 15 is 0 Å². The van der Waals surface area contributed by atoms with Gasteiger partial charge >= 0.3 is 0 Å². The summed E-state index contributed by atoms with van der Waals surface area (Å²) < 4.78 is 27.6. The number of amides is 1. The minimum atomic E-state index is -3.67. The Morgan fingerprint density at radius 3 is 2.59 bits per heavy atom. The lowest BCUT2D eigenvalue weighted by Crippen LogP contribution is -2.34. The molecule has 1 aliphatic carbocycles. The van der Waals surface area contributed by atoms with E-state index < -0.39 is 15.6 Å². The number of rotatable bonds is 9. The van der Waals surface area contributed by atoms with Crippen LogP contribution in [0.4, 0.5) is 0 Å². The Hall–Kier alpha value is -1.93. The zero-order valence-corrected chi connectivity index (χ0v) is 16.9. The van der Waals surface area contributed by atoms with E-state index in [1.54, 1.807) is 13.8 Å². The van der Waals surface area contributed by atoms with Crippen LogP contribution in [-0.4, -0.2) is 42.8 Å². The molecule has 7 nitrogen and oxygen atoms in total. The molecule has 0 aromatic carbocycles. The van der Waals surface area contributed by atoms with E-state index in [1.807, 2.05) is 0 Å². The van der Waals surface area contributed by atoms with E-state index in [1.165, 1.54) is 41.0 Å². The molecule has 150 valence electrons. The molecule has 0 fully saturated rings.